The molecular weight excluding hydrogens is 508 g/mol. The van der Waals surface area contributed by atoms with Gasteiger partial charge in [-0.25, -0.2) is 4.68 Å². The number of amides is 2. The first-order valence-electron chi connectivity index (χ1n) is 12.3. The van der Waals surface area contributed by atoms with Crippen LogP contribution >= 0.6 is 11.6 Å². The maximum Gasteiger partial charge on any atom is 0.275 e. The quantitative estimate of drug-likeness (QED) is 0.519. The summed E-state index contributed by atoms with van der Waals surface area (Å²) in [6.07, 6.45) is 0.488. The SMILES string of the molecule is CN1C(=O)[C@H](N2CCc3c(nn(Cc4ccccc4)c3Cl)C2=O)COc2cc(C#CC3(O)COC3)ccc21. The highest BCUT2D eigenvalue weighted by Crippen LogP contribution is 2.34. The van der Waals surface area contributed by atoms with Crippen LogP contribution in [-0.2, 0) is 22.5 Å². The average molecular weight is 533 g/mol. The molecule has 0 saturated carbocycles. The summed E-state index contributed by atoms with van der Waals surface area (Å²) in [5, 5.41) is 15.1. The Labute approximate surface area is 224 Å². The van der Waals surface area contributed by atoms with Crippen molar-refractivity contribution in [2.75, 3.05) is 38.3 Å². The minimum absolute atomic E-state index is 0.00956. The monoisotopic (exact) mass is 532 g/mol. The van der Waals surface area contributed by atoms with E-state index in [4.69, 9.17) is 21.1 Å². The van der Waals surface area contributed by atoms with Gasteiger partial charge in [0.2, 0.25) is 0 Å². The third kappa shape index (κ3) is 4.31. The topological polar surface area (TPSA) is 97.1 Å². The lowest BCUT2D eigenvalue weighted by Crippen LogP contribution is -2.54. The van der Waals surface area contributed by atoms with Gasteiger partial charge < -0.3 is 24.4 Å². The molecule has 3 aromatic rings. The summed E-state index contributed by atoms with van der Waals surface area (Å²) in [4.78, 5) is 30.1. The predicted octanol–water partition coefficient (Wildman–Crippen LogP) is 2.12. The maximum atomic E-state index is 13.6. The zero-order valence-corrected chi connectivity index (χ0v) is 21.4. The second-order valence-corrected chi connectivity index (χ2v) is 10.0. The van der Waals surface area contributed by atoms with Crippen molar-refractivity contribution in [3.8, 4) is 17.6 Å². The van der Waals surface area contributed by atoms with E-state index >= 15 is 0 Å². The van der Waals surface area contributed by atoms with Crippen molar-refractivity contribution in [2.45, 2.75) is 24.6 Å². The summed E-state index contributed by atoms with van der Waals surface area (Å²) in [6.45, 7) is 1.12. The molecule has 0 radical (unpaired) electrons. The molecule has 9 nitrogen and oxygen atoms in total. The van der Waals surface area contributed by atoms with Crippen LogP contribution in [0.25, 0.3) is 0 Å². The fourth-order valence-corrected chi connectivity index (χ4v) is 5.13. The van der Waals surface area contributed by atoms with Crippen molar-refractivity contribution < 1.29 is 24.2 Å². The smallest absolute Gasteiger partial charge is 0.275 e. The fourth-order valence-electron chi connectivity index (χ4n) is 4.85. The molecule has 1 atom stereocenters. The number of ether oxygens (including phenoxy) is 2. The Kier molecular flexibility index (Phi) is 6.11. The van der Waals surface area contributed by atoms with E-state index in [9.17, 15) is 14.7 Å². The van der Waals surface area contributed by atoms with Gasteiger partial charge in [-0.2, -0.15) is 5.10 Å². The molecule has 194 valence electrons. The van der Waals surface area contributed by atoms with E-state index in [1.165, 1.54) is 9.80 Å². The summed E-state index contributed by atoms with van der Waals surface area (Å²) in [5.41, 5.74) is 2.07. The number of hydrogen-bond acceptors (Lipinski definition) is 6. The number of nitrogens with zero attached hydrogens (tertiary/aromatic N) is 4. The first kappa shape index (κ1) is 24.5. The third-order valence-corrected chi connectivity index (χ3v) is 7.48. The summed E-state index contributed by atoms with van der Waals surface area (Å²) in [6, 6.07) is 14.2. The second-order valence-electron chi connectivity index (χ2n) is 9.69. The number of hydrogen-bond donors (Lipinski definition) is 1. The van der Waals surface area contributed by atoms with Crippen LogP contribution < -0.4 is 9.64 Å². The lowest BCUT2D eigenvalue weighted by atomic mass is 10.0. The molecule has 3 aliphatic rings. The summed E-state index contributed by atoms with van der Waals surface area (Å²) in [7, 11) is 1.66. The van der Waals surface area contributed by atoms with Gasteiger partial charge in [0.1, 0.15) is 23.6 Å². The Morgan fingerprint density at radius 3 is 2.71 bits per heavy atom. The first-order valence-corrected chi connectivity index (χ1v) is 12.7. The van der Waals surface area contributed by atoms with E-state index in [1.807, 2.05) is 30.3 Å². The van der Waals surface area contributed by atoms with Gasteiger partial charge in [-0.15, -0.1) is 0 Å². The predicted molar refractivity (Wildman–Crippen MR) is 139 cm³/mol. The van der Waals surface area contributed by atoms with Gasteiger partial charge in [0.15, 0.2) is 11.3 Å². The van der Waals surface area contributed by atoms with E-state index < -0.39 is 11.6 Å². The Bertz CT molecular complexity index is 1490. The lowest BCUT2D eigenvalue weighted by Gasteiger charge is -2.33. The molecule has 10 heteroatoms. The number of halogens is 1. The van der Waals surface area contributed by atoms with Crippen LogP contribution in [0.3, 0.4) is 0 Å². The van der Waals surface area contributed by atoms with Crippen LogP contribution in [0.1, 0.15) is 27.2 Å². The van der Waals surface area contributed by atoms with E-state index in [-0.39, 0.29) is 37.3 Å². The number of rotatable bonds is 3. The van der Waals surface area contributed by atoms with E-state index in [0.717, 1.165) is 5.56 Å². The molecule has 1 saturated heterocycles. The van der Waals surface area contributed by atoms with E-state index in [2.05, 4.69) is 16.9 Å². The highest BCUT2D eigenvalue weighted by Gasteiger charge is 2.41. The molecule has 1 fully saturated rings. The molecule has 2 aromatic carbocycles. The highest BCUT2D eigenvalue weighted by molar-refractivity contribution is 6.31. The van der Waals surface area contributed by atoms with Gasteiger partial charge >= 0.3 is 0 Å². The number of aromatic nitrogens is 2. The first-order chi connectivity index (χ1) is 18.3. The van der Waals surface area contributed by atoms with Crippen LogP contribution in [0.15, 0.2) is 48.5 Å². The second kappa shape index (κ2) is 9.48. The Morgan fingerprint density at radius 1 is 1.18 bits per heavy atom. The summed E-state index contributed by atoms with van der Waals surface area (Å²) < 4.78 is 12.7. The minimum Gasteiger partial charge on any atom is -0.489 e. The van der Waals surface area contributed by atoms with Gasteiger partial charge in [0.05, 0.1) is 25.4 Å². The van der Waals surface area contributed by atoms with E-state index in [0.29, 0.717) is 47.2 Å². The Hall–Kier alpha value is -3.84. The number of carbonyl (C=O) groups excluding carboxylic acids is 2. The molecular formula is C28H25ClN4O5. The van der Waals surface area contributed by atoms with Crippen molar-refractivity contribution in [3.63, 3.8) is 0 Å². The fraction of sp³-hybridized carbons (Fsp3) is 0.321. The van der Waals surface area contributed by atoms with Crippen molar-refractivity contribution in [1.82, 2.24) is 14.7 Å². The van der Waals surface area contributed by atoms with Gasteiger partial charge in [-0.3, -0.25) is 9.59 Å². The third-order valence-electron chi connectivity index (χ3n) is 7.05. The van der Waals surface area contributed by atoms with Crippen molar-refractivity contribution >= 4 is 29.1 Å². The standard InChI is InChI=1S/C28H25ClN4O5/c1-31-21-8-7-18(9-11-28(36)16-37-17-28)13-23(21)38-15-22(26(31)34)32-12-10-20-24(27(32)35)30-33(25(20)29)14-19-5-3-2-4-6-19/h2-8,13,22,36H,10,12,14-17H2,1H3/t22-/m1/s1. The zero-order valence-electron chi connectivity index (χ0n) is 20.7. The van der Waals surface area contributed by atoms with Gasteiger partial charge in [-0.05, 0) is 30.2 Å². The van der Waals surface area contributed by atoms with Crippen molar-refractivity contribution in [3.05, 3.63) is 76.1 Å². The number of benzene rings is 2. The summed E-state index contributed by atoms with van der Waals surface area (Å²) >= 11 is 6.61. The molecule has 0 unspecified atom stereocenters. The van der Waals surface area contributed by atoms with Crippen LogP contribution in [0.4, 0.5) is 5.69 Å². The maximum absolute atomic E-state index is 13.6. The van der Waals surface area contributed by atoms with Crippen LogP contribution in [-0.4, -0.2) is 76.7 Å². The van der Waals surface area contributed by atoms with E-state index in [1.54, 1.807) is 29.9 Å². The molecule has 0 aliphatic carbocycles. The van der Waals surface area contributed by atoms with Crippen LogP contribution in [0.2, 0.25) is 5.15 Å². The molecule has 4 heterocycles. The molecule has 0 bridgehead atoms. The number of anilines is 1. The molecule has 6 rings (SSSR count). The van der Waals surface area contributed by atoms with Gasteiger partial charge in [-0.1, -0.05) is 53.8 Å². The number of fused-ring (bicyclic) bond motifs is 2. The van der Waals surface area contributed by atoms with Crippen molar-refractivity contribution in [2.24, 2.45) is 0 Å². The molecule has 2 amide bonds. The number of carbonyl (C=O) groups is 2. The zero-order chi connectivity index (χ0) is 26.4. The van der Waals surface area contributed by atoms with Gasteiger partial charge in [0.25, 0.3) is 11.8 Å². The molecule has 3 aliphatic heterocycles. The van der Waals surface area contributed by atoms with Gasteiger partial charge in [0, 0.05) is 24.7 Å². The lowest BCUT2D eigenvalue weighted by molar-refractivity contribution is -0.140. The largest absolute Gasteiger partial charge is 0.489 e. The Morgan fingerprint density at radius 2 is 1.97 bits per heavy atom. The van der Waals surface area contributed by atoms with Crippen LogP contribution in [0.5, 0.6) is 5.75 Å². The van der Waals surface area contributed by atoms with Crippen LogP contribution in [0, 0.1) is 11.8 Å². The number of aliphatic hydroxyl groups is 1. The molecule has 0 spiro atoms. The summed E-state index contributed by atoms with van der Waals surface area (Å²) in [5.74, 6) is 5.65. The molecule has 1 aromatic heterocycles. The Balaban J connectivity index is 1.23. The molecule has 38 heavy (non-hydrogen) atoms. The number of likely N-dealkylation sites (N-methyl/N-ethyl adjacent to an activating group) is 1. The average Bonchev–Trinajstić information content (AvgIpc) is 3.16. The normalized spacial score (nSPS) is 19.9. The molecule has 1 N–H and O–H groups in total. The van der Waals surface area contributed by atoms with Crippen molar-refractivity contribution in [1.29, 1.82) is 0 Å². The minimum atomic E-state index is -1.13. The highest BCUT2D eigenvalue weighted by atomic mass is 35.5.